The number of unbranched alkanes of at least 4 members (excludes halogenated alkanes) is 1. The first-order valence-electron chi connectivity index (χ1n) is 11.2. The van der Waals surface area contributed by atoms with Crippen LogP contribution in [0.4, 0.5) is 0 Å². The molecular formula is C20H35N7O9. The van der Waals surface area contributed by atoms with Crippen LogP contribution in [0, 0.1) is 0 Å². The lowest BCUT2D eigenvalue weighted by Gasteiger charge is -2.24. The Morgan fingerprint density at radius 3 is 1.72 bits per heavy atom. The van der Waals surface area contributed by atoms with E-state index in [0.29, 0.717) is 12.8 Å². The summed E-state index contributed by atoms with van der Waals surface area (Å²) in [6.07, 6.45) is -1.03. The average molecular weight is 518 g/mol. The zero-order valence-corrected chi connectivity index (χ0v) is 19.7. The molecule has 0 bridgehead atoms. The van der Waals surface area contributed by atoms with Crippen LogP contribution in [0.15, 0.2) is 0 Å². The van der Waals surface area contributed by atoms with E-state index in [2.05, 4.69) is 16.0 Å². The van der Waals surface area contributed by atoms with E-state index in [-0.39, 0.29) is 32.2 Å². The second-order valence-electron chi connectivity index (χ2n) is 8.02. The number of nitrogens with one attached hydrogen (secondary N) is 3. The van der Waals surface area contributed by atoms with Gasteiger partial charge in [0.15, 0.2) is 0 Å². The van der Waals surface area contributed by atoms with E-state index in [4.69, 9.17) is 28.0 Å². The van der Waals surface area contributed by atoms with Gasteiger partial charge in [-0.05, 0) is 38.6 Å². The minimum atomic E-state index is -1.54. The molecule has 4 atom stereocenters. The van der Waals surface area contributed by atoms with Crippen molar-refractivity contribution in [1.82, 2.24) is 16.0 Å². The van der Waals surface area contributed by atoms with Crippen molar-refractivity contribution in [3.8, 4) is 0 Å². The Bertz CT molecular complexity index is 821. The highest BCUT2D eigenvalue weighted by Gasteiger charge is 2.31. The molecule has 0 radical (unpaired) electrons. The van der Waals surface area contributed by atoms with Crippen LogP contribution in [-0.2, 0) is 33.6 Å². The lowest BCUT2D eigenvalue weighted by Crippen LogP contribution is -2.57. The zero-order chi connectivity index (χ0) is 27.8. The van der Waals surface area contributed by atoms with Gasteiger partial charge < -0.3 is 49.1 Å². The molecule has 0 aromatic carbocycles. The maximum Gasteiger partial charge on any atom is 0.326 e. The monoisotopic (exact) mass is 517 g/mol. The molecule has 0 spiro atoms. The third-order valence-electron chi connectivity index (χ3n) is 4.92. The van der Waals surface area contributed by atoms with Crippen LogP contribution in [0.2, 0.25) is 0 Å². The van der Waals surface area contributed by atoms with Gasteiger partial charge in [0, 0.05) is 12.8 Å². The zero-order valence-electron chi connectivity index (χ0n) is 19.7. The topological polar surface area (TPSA) is 300 Å². The second kappa shape index (κ2) is 16.8. The van der Waals surface area contributed by atoms with E-state index in [9.17, 15) is 38.7 Å². The van der Waals surface area contributed by atoms with Crippen LogP contribution in [0.3, 0.4) is 0 Å². The molecular weight excluding hydrogens is 482 g/mol. The van der Waals surface area contributed by atoms with E-state index in [0.717, 1.165) is 0 Å². The summed E-state index contributed by atoms with van der Waals surface area (Å²) in [6.45, 7) is 0.285. The number of primary amides is 2. The highest BCUT2D eigenvalue weighted by molar-refractivity contribution is 5.96. The van der Waals surface area contributed by atoms with Crippen molar-refractivity contribution in [2.24, 2.45) is 22.9 Å². The summed E-state index contributed by atoms with van der Waals surface area (Å²) in [5, 5.41) is 24.8. The van der Waals surface area contributed by atoms with Crippen molar-refractivity contribution >= 4 is 41.5 Å². The van der Waals surface area contributed by atoms with Crippen molar-refractivity contribution in [3.63, 3.8) is 0 Å². The summed E-state index contributed by atoms with van der Waals surface area (Å²) in [4.78, 5) is 82.4. The Labute approximate surface area is 206 Å². The van der Waals surface area contributed by atoms with Gasteiger partial charge in [-0.1, -0.05) is 0 Å². The standard InChI is InChI=1S/C20H35N7O9/c21-8-2-1-3-11(18(33)26-12(20(35)36)5-6-14(23)28)25-19(34)13(9-15(24)29)27-17(32)10(22)4-7-16(30)31/h10-13H,1-9,21-22H2,(H2,23,28)(H2,24,29)(H,25,34)(H,26,33)(H,27,32)(H,30,31)(H,35,36). The fraction of sp³-hybridized carbons (Fsp3) is 0.650. The van der Waals surface area contributed by atoms with Crippen molar-refractivity contribution in [2.75, 3.05) is 6.54 Å². The van der Waals surface area contributed by atoms with Crippen LogP contribution in [-0.4, -0.2) is 82.4 Å². The molecule has 0 aromatic rings. The SMILES string of the molecule is NCCCCC(NC(=O)C(CC(N)=O)NC(=O)C(N)CCC(=O)O)C(=O)NC(CCC(N)=O)C(=O)O. The summed E-state index contributed by atoms with van der Waals surface area (Å²) in [5.41, 5.74) is 21.2. The Kier molecular flexibility index (Phi) is 15.0. The Morgan fingerprint density at radius 1 is 0.667 bits per heavy atom. The average Bonchev–Trinajstić information content (AvgIpc) is 2.77. The largest absolute Gasteiger partial charge is 0.481 e. The van der Waals surface area contributed by atoms with Gasteiger partial charge in [-0.2, -0.15) is 0 Å². The van der Waals surface area contributed by atoms with Gasteiger partial charge >= 0.3 is 11.9 Å². The van der Waals surface area contributed by atoms with Crippen molar-refractivity contribution in [2.45, 2.75) is 75.5 Å². The van der Waals surface area contributed by atoms with Crippen molar-refractivity contribution < 1.29 is 43.8 Å². The number of hydrogen-bond donors (Lipinski definition) is 9. The van der Waals surface area contributed by atoms with E-state index in [1.165, 1.54) is 0 Å². The van der Waals surface area contributed by atoms with Gasteiger partial charge in [0.2, 0.25) is 29.5 Å². The van der Waals surface area contributed by atoms with Gasteiger partial charge in [0.05, 0.1) is 12.5 Å². The molecule has 0 rings (SSSR count). The molecule has 0 saturated carbocycles. The summed E-state index contributed by atoms with van der Waals surface area (Å²) in [7, 11) is 0. The van der Waals surface area contributed by atoms with Gasteiger partial charge in [-0.15, -0.1) is 0 Å². The van der Waals surface area contributed by atoms with Crippen LogP contribution in [0.25, 0.3) is 0 Å². The minimum absolute atomic E-state index is 0.0340. The van der Waals surface area contributed by atoms with Crippen LogP contribution in [0.5, 0.6) is 0 Å². The summed E-state index contributed by atoms with van der Waals surface area (Å²) >= 11 is 0. The first kappa shape index (κ1) is 32.2. The number of carbonyl (C=O) groups is 7. The molecule has 16 nitrogen and oxygen atoms in total. The molecule has 5 amide bonds. The second-order valence-corrected chi connectivity index (χ2v) is 8.02. The van der Waals surface area contributed by atoms with Crippen LogP contribution in [0.1, 0.15) is 51.4 Å². The maximum atomic E-state index is 12.8. The van der Waals surface area contributed by atoms with Crippen LogP contribution >= 0.6 is 0 Å². The third-order valence-corrected chi connectivity index (χ3v) is 4.92. The molecule has 0 aliphatic carbocycles. The van der Waals surface area contributed by atoms with E-state index < -0.39 is 78.5 Å². The lowest BCUT2D eigenvalue weighted by molar-refractivity contribution is -0.143. The third kappa shape index (κ3) is 13.8. The predicted octanol–water partition coefficient (Wildman–Crippen LogP) is -4.01. The maximum absolute atomic E-state index is 12.8. The molecule has 0 fully saturated rings. The Hall–Kier alpha value is -3.79. The molecule has 0 heterocycles. The van der Waals surface area contributed by atoms with Crippen molar-refractivity contribution in [1.29, 1.82) is 0 Å². The van der Waals surface area contributed by atoms with Crippen molar-refractivity contribution in [3.05, 3.63) is 0 Å². The normalized spacial score (nSPS) is 13.9. The summed E-state index contributed by atoms with van der Waals surface area (Å²) in [6, 6.07) is -5.59. The molecule has 16 heteroatoms. The first-order chi connectivity index (χ1) is 16.8. The fourth-order valence-electron chi connectivity index (χ4n) is 2.95. The van der Waals surface area contributed by atoms with E-state index in [1.54, 1.807) is 0 Å². The number of nitrogens with two attached hydrogens (primary N) is 4. The number of rotatable bonds is 19. The molecule has 0 aromatic heterocycles. The molecule has 4 unspecified atom stereocenters. The van der Waals surface area contributed by atoms with Crippen LogP contribution < -0.4 is 38.9 Å². The quantitative estimate of drug-likeness (QED) is 0.0743. The van der Waals surface area contributed by atoms with Gasteiger partial charge in [-0.3, -0.25) is 28.8 Å². The molecule has 0 saturated heterocycles. The highest BCUT2D eigenvalue weighted by atomic mass is 16.4. The molecule has 13 N–H and O–H groups in total. The van der Waals surface area contributed by atoms with E-state index >= 15 is 0 Å². The number of carbonyl (C=O) groups excluding carboxylic acids is 5. The smallest absolute Gasteiger partial charge is 0.326 e. The summed E-state index contributed by atoms with van der Waals surface area (Å²) in [5.74, 6) is -7.13. The number of carboxylic acid groups (broad SMARTS) is 2. The molecule has 204 valence electrons. The highest BCUT2D eigenvalue weighted by Crippen LogP contribution is 2.06. The minimum Gasteiger partial charge on any atom is -0.481 e. The number of aliphatic carboxylic acids is 2. The summed E-state index contributed by atoms with van der Waals surface area (Å²) < 4.78 is 0. The van der Waals surface area contributed by atoms with Gasteiger partial charge in [-0.25, -0.2) is 4.79 Å². The first-order valence-corrected chi connectivity index (χ1v) is 11.2. The lowest BCUT2D eigenvalue weighted by atomic mass is 10.0. The molecule has 36 heavy (non-hydrogen) atoms. The molecule has 0 aliphatic rings. The van der Waals surface area contributed by atoms with Gasteiger partial charge in [0.25, 0.3) is 0 Å². The predicted molar refractivity (Wildman–Crippen MR) is 123 cm³/mol. The Morgan fingerprint density at radius 2 is 1.22 bits per heavy atom. The number of hydrogen-bond acceptors (Lipinski definition) is 9. The number of amides is 5. The fourth-order valence-corrected chi connectivity index (χ4v) is 2.95. The Balaban J connectivity index is 5.53. The van der Waals surface area contributed by atoms with E-state index in [1.807, 2.05) is 0 Å². The number of carboxylic acids is 2. The molecule has 0 aliphatic heterocycles. The van der Waals surface area contributed by atoms with Gasteiger partial charge in [0.1, 0.15) is 18.1 Å².